The molecule has 0 bridgehead atoms. The van der Waals surface area contributed by atoms with Crippen molar-refractivity contribution in [3.8, 4) is 0 Å². The van der Waals surface area contributed by atoms with Crippen LogP contribution in [0.5, 0.6) is 0 Å². The number of tetrazole rings is 1. The molecule has 0 spiro atoms. The number of hydrogen-bond donors (Lipinski definition) is 1. The molecule has 1 rings (SSSR count). The molecule has 0 radical (unpaired) electrons. The number of likely N-dealkylation sites (N-methyl/N-ethyl adjacent to an activating group) is 1. The van der Waals surface area contributed by atoms with Crippen molar-refractivity contribution in [1.82, 2.24) is 25.5 Å². The molecule has 1 N–H and O–H groups in total. The molecule has 0 aliphatic heterocycles. The van der Waals surface area contributed by atoms with Gasteiger partial charge >= 0.3 is 0 Å². The maximum absolute atomic E-state index is 3.98. The van der Waals surface area contributed by atoms with Crippen LogP contribution in [-0.4, -0.2) is 39.6 Å². The second-order valence-electron chi connectivity index (χ2n) is 3.49. The quantitative estimate of drug-likeness (QED) is 0.706. The van der Waals surface area contributed by atoms with Gasteiger partial charge in [0.2, 0.25) is 5.16 Å². The first kappa shape index (κ1) is 11.5. The minimum Gasteiger partial charge on any atom is -0.318 e. The number of nitrogens with zero attached hydrogens (tertiary/aromatic N) is 4. The minimum absolute atomic E-state index is 0.662. The first-order valence-corrected chi connectivity index (χ1v) is 5.76. The number of aromatic nitrogens is 4. The van der Waals surface area contributed by atoms with Gasteiger partial charge in [-0.1, -0.05) is 25.6 Å². The van der Waals surface area contributed by atoms with Crippen molar-refractivity contribution < 1.29 is 0 Å². The van der Waals surface area contributed by atoms with Gasteiger partial charge in [0, 0.05) is 12.3 Å². The highest BCUT2D eigenvalue weighted by Crippen LogP contribution is 2.16. The van der Waals surface area contributed by atoms with Gasteiger partial charge in [0.25, 0.3) is 0 Å². The summed E-state index contributed by atoms with van der Waals surface area (Å²) in [4.78, 5) is 0. The van der Waals surface area contributed by atoms with Crippen LogP contribution >= 0.6 is 11.8 Å². The topological polar surface area (TPSA) is 55.6 Å². The highest BCUT2D eigenvalue weighted by Gasteiger charge is 2.06. The second kappa shape index (κ2) is 5.98. The number of hydrogen-bond acceptors (Lipinski definition) is 5. The summed E-state index contributed by atoms with van der Waals surface area (Å²) in [5.41, 5.74) is 0. The highest BCUT2D eigenvalue weighted by molar-refractivity contribution is 7.99. The van der Waals surface area contributed by atoms with Gasteiger partial charge < -0.3 is 5.32 Å². The molecule has 1 aromatic heterocycles. The standard InChI is InChI=1S/C8H17N5S/c1-7(2)6-14-8-10-11-12-13(8)5-4-9-3/h7,9H,4-6H2,1-3H3. The molecule has 14 heavy (non-hydrogen) atoms. The fourth-order valence-electron chi connectivity index (χ4n) is 0.899. The first-order chi connectivity index (χ1) is 6.74. The fourth-order valence-corrected chi connectivity index (χ4v) is 1.75. The van der Waals surface area contributed by atoms with Gasteiger partial charge in [0.05, 0.1) is 6.54 Å². The third-order valence-electron chi connectivity index (χ3n) is 1.62. The van der Waals surface area contributed by atoms with E-state index < -0.39 is 0 Å². The molecule has 6 heteroatoms. The van der Waals surface area contributed by atoms with Gasteiger partial charge in [-0.15, -0.1) is 5.10 Å². The first-order valence-electron chi connectivity index (χ1n) is 4.77. The van der Waals surface area contributed by atoms with Crippen LogP contribution in [0.15, 0.2) is 5.16 Å². The zero-order chi connectivity index (χ0) is 10.4. The molecule has 0 saturated carbocycles. The van der Waals surface area contributed by atoms with E-state index in [-0.39, 0.29) is 0 Å². The third-order valence-corrected chi connectivity index (χ3v) is 3.00. The maximum Gasteiger partial charge on any atom is 0.209 e. The molecular weight excluding hydrogens is 198 g/mol. The lowest BCUT2D eigenvalue weighted by Crippen LogP contribution is -2.16. The van der Waals surface area contributed by atoms with E-state index in [9.17, 15) is 0 Å². The van der Waals surface area contributed by atoms with E-state index in [1.54, 1.807) is 11.8 Å². The molecule has 1 heterocycles. The van der Waals surface area contributed by atoms with Gasteiger partial charge in [0.1, 0.15) is 0 Å². The van der Waals surface area contributed by atoms with Crippen molar-refractivity contribution in [2.75, 3.05) is 19.3 Å². The van der Waals surface area contributed by atoms with Crippen molar-refractivity contribution in [3.63, 3.8) is 0 Å². The molecule has 0 aromatic carbocycles. The Morgan fingerprint density at radius 2 is 2.29 bits per heavy atom. The molecule has 0 saturated heterocycles. The molecule has 0 atom stereocenters. The number of rotatable bonds is 6. The Hall–Kier alpha value is -0.620. The molecule has 0 fully saturated rings. The van der Waals surface area contributed by atoms with Gasteiger partial charge in [-0.25, -0.2) is 4.68 Å². The smallest absolute Gasteiger partial charge is 0.209 e. The zero-order valence-electron chi connectivity index (χ0n) is 8.90. The molecule has 80 valence electrons. The Morgan fingerprint density at radius 3 is 2.93 bits per heavy atom. The van der Waals surface area contributed by atoms with Gasteiger partial charge in [0.15, 0.2) is 0 Å². The molecule has 0 aliphatic carbocycles. The van der Waals surface area contributed by atoms with E-state index in [1.165, 1.54) is 0 Å². The predicted molar refractivity (Wildman–Crippen MR) is 57.3 cm³/mol. The summed E-state index contributed by atoms with van der Waals surface area (Å²) >= 11 is 1.71. The van der Waals surface area contributed by atoms with Crippen molar-refractivity contribution in [2.24, 2.45) is 5.92 Å². The van der Waals surface area contributed by atoms with Crippen LogP contribution in [0, 0.1) is 5.92 Å². The van der Waals surface area contributed by atoms with E-state index in [1.807, 2.05) is 11.7 Å². The monoisotopic (exact) mass is 215 g/mol. The van der Waals surface area contributed by atoms with E-state index in [0.29, 0.717) is 5.92 Å². The second-order valence-corrected chi connectivity index (χ2v) is 4.48. The Kier molecular flexibility index (Phi) is 4.89. The normalized spacial score (nSPS) is 11.1. The summed E-state index contributed by atoms with van der Waals surface area (Å²) in [5, 5.41) is 15.6. The predicted octanol–water partition coefficient (Wildman–Crippen LogP) is 0.641. The molecule has 5 nitrogen and oxygen atoms in total. The average molecular weight is 215 g/mol. The van der Waals surface area contributed by atoms with E-state index in [0.717, 1.165) is 24.0 Å². The highest BCUT2D eigenvalue weighted by atomic mass is 32.2. The Bertz CT molecular complexity index is 260. The maximum atomic E-state index is 3.98. The molecule has 1 aromatic rings. The van der Waals surface area contributed by atoms with Gasteiger partial charge in [-0.3, -0.25) is 0 Å². The van der Waals surface area contributed by atoms with E-state index in [2.05, 4.69) is 34.7 Å². The molecule has 0 aliphatic rings. The van der Waals surface area contributed by atoms with Crippen LogP contribution < -0.4 is 5.32 Å². The summed E-state index contributed by atoms with van der Waals surface area (Å²) in [7, 11) is 1.92. The van der Waals surface area contributed by atoms with Crippen molar-refractivity contribution >= 4 is 11.8 Å². The Morgan fingerprint density at radius 1 is 1.50 bits per heavy atom. The lowest BCUT2D eigenvalue weighted by molar-refractivity contribution is 0.529. The lowest BCUT2D eigenvalue weighted by atomic mass is 10.3. The molecular formula is C8H17N5S. The average Bonchev–Trinajstić information content (AvgIpc) is 2.58. The van der Waals surface area contributed by atoms with Crippen molar-refractivity contribution in [3.05, 3.63) is 0 Å². The SMILES string of the molecule is CNCCn1nnnc1SCC(C)C. The number of thioether (sulfide) groups is 1. The van der Waals surface area contributed by atoms with E-state index in [4.69, 9.17) is 0 Å². The van der Waals surface area contributed by atoms with Crippen LogP contribution in [0.2, 0.25) is 0 Å². The van der Waals surface area contributed by atoms with Crippen LogP contribution in [0.4, 0.5) is 0 Å². The Balaban J connectivity index is 2.45. The summed E-state index contributed by atoms with van der Waals surface area (Å²) < 4.78 is 1.84. The summed E-state index contributed by atoms with van der Waals surface area (Å²) in [6.45, 7) is 6.09. The van der Waals surface area contributed by atoms with Crippen molar-refractivity contribution in [2.45, 2.75) is 25.5 Å². The summed E-state index contributed by atoms with van der Waals surface area (Å²) in [5.74, 6) is 1.72. The van der Waals surface area contributed by atoms with Crippen molar-refractivity contribution in [1.29, 1.82) is 0 Å². The number of nitrogens with one attached hydrogen (secondary N) is 1. The van der Waals surface area contributed by atoms with Crippen LogP contribution in [0.3, 0.4) is 0 Å². The minimum atomic E-state index is 0.662. The molecule has 0 amide bonds. The van der Waals surface area contributed by atoms with Crippen LogP contribution in [0.1, 0.15) is 13.8 Å². The summed E-state index contributed by atoms with van der Waals surface area (Å²) in [6.07, 6.45) is 0. The zero-order valence-corrected chi connectivity index (χ0v) is 9.71. The summed E-state index contributed by atoms with van der Waals surface area (Å²) in [6, 6.07) is 0. The van der Waals surface area contributed by atoms with Crippen LogP contribution in [0.25, 0.3) is 0 Å². The van der Waals surface area contributed by atoms with E-state index >= 15 is 0 Å². The largest absolute Gasteiger partial charge is 0.318 e. The fraction of sp³-hybridized carbons (Fsp3) is 0.875. The van der Waals surface area contributed by atoms with Gasteiger partial charge in [-0.2, -0.15) is 0 Å². The molecule has 0 unspecified atom stereocenters. The third kappa shape index (κ3) is 3.63. The van der Waals surface area contributed by atoms with Gasteiger partial charge in [-0.05, 0) is 23.4 Å². The Labute approximate surface area is 88.6 Å². The lowest BCUT2D eigenvalue weighted by Gasteiger charge is -2.04. The van der Waals surface area contributed by atoms with Crippen LogP contribution in [-0.2, 0) is 6.54 Å².